The number of nitrogens with zero attached hydrogens (tertiary/aromatic N) is 3. The molecule has 6 nitrogen and oxygen atoms in total. The number of carbonyl (C=O) groups is 1. The highest BCUT2D eigenvalue weighted by atomic mass is 79.9. The molecular weight excluding hydrogens is 461 g/mol. The summed E-state index contributed by atoms with van der Waals surface area (Å²) in [6, 6.07) is 6.26. The second kappa shape index (κ2) is 11.8. The molecule has 1 aromatic heterocycles. The van der Waals surface area contributed by atoms with Crippen LogP contribution in [0.1, 0.15) is 24.8 Å². The van der Waals surface area contributed by atoms with Crippen LogP contribution in [-0.2, 0) is 9.53 Å². The van der Waals surface area contributed by atoms with Crippen molar-refractivity contribution in [3.63, 3.8) is 0 Å². The summed E-state index contributed by atoms with van der Waals surface area (Å²) < 4.78 is 18.0. The Bertz CT molecular complexity index is 854. The lowest BCUT2D eigenvalue weighted by Gasteiger charge is -2.26. The molecule has 2 aromatic rings. The fourth-order valence-electron chi connectivity index (χ4n) is 2.93. The van der Waals surface area contributed by atoms with Crippen LogP contribution in [0.4, 0.5) is 4.39 Å². The summed E-state index contributed by atoms with van der Waals surface area (Å²) >= 11 is 4.70. The lowest BCUT2D eigenvalue weighted by molar-refractivity contribution is -0.138. The van der Waals surface area contributed by atoms with Crippen molar-refractivity contribution in [1.82, 2.24) is 9.88 Å². The fourth-order valence-corrected chi connectivity index (χ4v) is 3.95. The number of halogens is 2. The van der Waals surface area contributed by atoms with Gasteiger partial charge in [0.05, 0.1) is 18.7 Å². The number of benzene rings is 1. The zero-order valence-electron chi connectivity index (χ0n) is 16.3. The molecule has 29 heavy (non-hydrogen) atoms. The molecule has 0 amide bonds. The smallest absolute Gasteiger partial charge is 0.337 e. The Morgan fingerprint density at radius 2 is 2.21 bits per heavy atom. The van der Waals surface area contributed by atoms with Gasteiger partial charge in [-0.25, -0.2) is 14.2 Å². The number of allylic oxidation sites excluding steroid dienone is 1. The fraction of sp³-hybridized carbons (Fsp3) is 0.350. The van der Waals surface area contributed by atoms with Crippen LogP contribution in [-0.4, -0.2) is 53.6 Å². The highest BCUT2D eigenvalue weighted by molar-refractivity contribution is 9.10. The lowest BCUT2D eigenvalue weighted by Crippen LogP contribution is -2.33. The SMILES string of the molecule is CCOC(=O)C1=C2CCCN2C(c2nccs2)=NC1.CO.Fc1cccc(Br)c1. The number of ether oxygens (including phenoxy) is 1. The highest BCUT2D eigenvalue weighted by Crippen LogP contribution is 2.31. The molecule has 1 N–H and O–H groups in total. The number of fused-ring (bicyclic) bond motifs is 1. The molecule has 1 saturated heterocycles. The third-order valence-electron chi connectivity index (χ3n) is 4.04. The molecule has 0 atom stereocenters. The molecule has 4 rings (SSSR count). The minimum atomic E-state index is -0.230. The predicted octanol–water partition coefficient (Wildman–Crippen LogP) is 4.01. The Kier molecular flexibility index (Phi) is 9.43. The Labute approximate surface area is 181 Å². The highest BCUT2D eigenvalue weighted by Gasteiger charge is 2.32. The van der Waals surface area contributed by atoms with Gasteiger partial charge in [0, 0.05) is 35.4 Å². The number of aliphatic imine (C=N–C) groups is 1. The van der Waals surface area contributed by atoms with Crippen molar-refractivity contribution in [1.29, 1.82) is 0 Å². The van der Waals surface area contributed by atoms with Crippen LogP contribution in [0.5, 0.6) is 0 Å². The number of hydrogen-bond acceptors (Lipinski definition) is 7. The summed E-state index contributed by atoms with van der Waals surface area (Å²) in [5.74, 6) is 0.460. The average molecular weight is 484 g/mol. The molecule has 0 spiro atoms. The van der Waals surface area contributed by atoms with Gasteiger partial charge in [0.1, 0.15) is 5.82 Å². The zero-order valence-corrected chi connectivity index (χ0v) is 18.7. The number of esters is 1. The van der Waals surface area contributed by atoms with Crippen molar-refractivity contribution >= 4 is 39.1 Å². The van der Waals surface area contributed by atoms with Gasteiger partial charge in [-0.1, -0.05) is 22.0 Å². The van der Waals surface area contributed by atoms with Crippen LogP contribution >= 0.6 is 27.3 Å². The van der Waals surface area contributed by atoms with Crippen LogP contribution in [0.25, 0.3) is 0 Å². The van der Waals surface area contributed by atoms with Gasteiger partial charge in [0.25, 0.3) is 0 Å². The molecule has 0 aliphatic carbocycles. The van der Waals surface area contributed by atoms with E-state index in [1.54, 1.807) is 29.7 Å². The quantitative estimate of drug-likeness (QED) is 0.667. The Morgan fingerprint density at radius 3 is 2.79 bits per heavy atom. The molecule has 1 aromatic carbocycles. The van der Waals surface area contributed by atoms with Crippen molar-refractivity contribution in [2.45, 2.75) is 19.8 Å². The maximum absolute atomic E-state index is 12.1. The van der Waals surface area contributed by atoms with Crippen LogP contribution in [0.2, 0.25) is 0 Å². The van der Waals surface area contributed by atoms with Crippen LogP contribution in [0.15, 0.2) is 56.6 Å². The predicted molar refractivity (Wildman–Crippen MR) is 115 cm³/mol. The van der Waals surface area contributed by atoms with Crippen molar-refractivity contribution in [2.24, 2.45) is 4.99 Å². The van der Waals surface area contributed by atoms with E-state index < -0.39 is 0 Å². The monoisotopic (exact) mass is 483 g/mol. The van der Waals surface area contributed by atoms with Gasteiger partial charge < -0.3 is 14.7 Å². The van der Waals surface area contributed by atoms with Crippen molar-refractivity contribution < 1.29 is 19.0 Å². The standard InChI is InChI=1S/C13H15N3O2S.C6H4BrF.CH4O/c1-2-18-13(17)9-8-15-11(12-14-5-7-19-12)16-6-3-4-10(9)16;7-5-2-1-3-6(8)4-5;1-2/h5,7H,2-4,6,8H2,1H3;1-4H;2H,1H3. The number of carbonyl (C=O) groups excluding carboxylic acids is 1. The Hall–Kier alpha value is -2.10. The van der Waals surface area contributed by atoms with E-state index in [1.807, 2.05) is 12.3 Å². The third-order valence-corrected chi connectivity index (χ3v) is 5.31. The van der Waals surface area contributed by atoms with Gasteiger partial charge in [-0.05, 0) is 38.0 Å². The topological polar surface area (TPSA) is 75.0 Å². The maximum Gasteiger partial charge on any atom is 0.337 e. The summed E-state index contributed by atoms with van der Waals surface area (Å²) in [7, 11) is 1.00. The maximum atomic E-state index is 12.1. The van der Waals surface area contributed by atoms with Crippen molar-refractivity contribution in [3.05, 3.63) is 62.4 Å². The van der Waals surface area contributed by atoms with E-state index in [0.29, 0.717) is 18.7 Å². The van der Waals surface area contributed by atoms with E-state index >= 15 is 0 Å². The molecule has 0 saturated carbocycles. The minimum absolute atomic E-state index is 0.209. The number of thiazole rings is 1. The van der Waals surface area contributed by atoms with Crippen LogP contribution < -0.4 is 0 Å². The summed E-state index contributed by atoms with van der Waals surface area (Å²) in [6.07, 6.45) is 3.74. The summed E-state index contributed by atoms with van der Waals surface area (Å²) in [5.41, 5.74) is 1.78. The average Bonchev–Trinajstić information content (AvgIpc) is 3.41. The summed E-state index contributed by atoms with van der Waals surface area (Å²) in [5, 5.41) is 9.86. The molecule has 156 valence electrons. The van der Waals surface area contributed by atoms with Gasteiger partial charge in [0.2, 0.25) is 0 Å². The number of rotatable bonds is 3. The molecule has 3 heterocycles. The van der Waals surface area contributed by atoms with E-state index in [9.17, 15) is 9.18 Å². The first-order valence-corrected chi connectivity index (χ1v) is 10.7. The molecule has 0 radical (unpaired) electrons. The molecule has 2 aliphatic rings. The van der Waals surface area contributed by atoms with Crippen LogP contribution in [0, 0.1) is 5.82 Å². The van der Waals surface area contributed by atoms with E-state index in [4.69, 9.17) is 9.84 Å². The largest absolute Gasteiger partial charge is 0.463 e. The van der Waals surface area contributed by atoms with E-state index in [2.05, 4.69) is 30.8 Å². The molecule has 0 bridgehead atoms. The number of amidine groups is 1. The van der Waals surface area contributed by atoms with Gasteiger partial charge in [-0.3, -0.25) is 4.99 Å². The molecule has 9 heteroatoms. The van der Waals surface area contributed by atoms with Crippen molar-refractivity contribution in [2.75, 3.05) is 26.8 Å². The molecule has 0 unspecified atom stereocenters. The van der Waals surface area contributed by atoms with Gasteiger partial charge in [0.15, 0.2) is 10.8 Å². The van der Waals surface area contributed by atoms with Crippen LogP contribution in [0.3, 0.4) is 0 Å². The van der Waals surface area contributed by atoms with E-state index in [1.165, 1.54) is 12.1 Å². The molecule has 1 fully saturated rings. The number of aliphatic hydroxyl groups excluding tert-OH is 1. The number of aromatic nitrogens is 1. The second-order valence-corrected chi connectivity index (χ2v) is 7.63. The third kappa shape index (κ3) is 6.19. The normalized spacial score (nSPS) is 14.8. The first kappa shape index (κ1) is 23.2. The lowest BCUT2D eigenvalue weighted by atomic mass is 10.1. The molecule has 2 aliphatic heterocycles. The first-order valence-electron chi connectivity index (χ1n) is 9.07. The number of hydrogen-bond donors (Lipinski definition) is 1. The Morgan fingerprint density at radius 1 is 1.41 bits per heavy atom. The summed E-state index contributed by atoms with van der Waals surface area (Å²) in [6.45, 7) is 3.53. The summed E-state index contributed by atoms with van der Waals surface area (Å²) in [4.78, 5) is 22.9. The zero-order chi connectivity index (χ0) is 21.2. The Balaban J connectivity index is 0.000000252. The van der Waals surface area contributed by atoms with E-state index in [-0.39, 0.29) is 11.8 Å². The van der Waals surface area contributed by atoms with Gasteiger partial charge in [-0.15, -0.1) is 11.3 Å². The first-order chi connectivity index (χ1) is 14.1. The van der Waals surface area contributed by atoms with Gasteiger partial charge in [-0.2, -0.15) is 0 Å². The second-order valence-electron chi connectivity index (χ2n) is 5.82. The number of aliphatic hydroxyl groups is 1. The van der Waals surface area contributed by atoms with E-state index in [0.717, 1.165) is 47.5 Å². The van der Waals surface area contributed by atoms with Crippen molar-refractivity contribution in [3.8, 4) is 0 Å². The molecular formula is C20H23BrFN3O3S. The van der Waals surface area contributed by atoms with Gasteiger partial charge >= 0.3 is 5.97 Å². The minimum Gasteiger partial charge on any atom is -0.463 e.